The van der Waals surface area contributed by atoms with E-state index in [4.69, 9.17) is 4.74 Å². The van der Waals surface area contributed by atoms with E-state index >= 15 is 0 Å². The molecule has 0 spiro atoms. The molecule has 1 unspecified atom stereocenters. The van der Waals surface area contributed by atoms with Crippen LogP contribution < -0.4 is 14.8 Å². The van der Waals surface area contributed by atoms with E-state index in [2.05, 4.69) is 14.8 Å². The number of rotatable bonds is 8. The summed E-state index contributed by atoms with van der Waals surface area (Å²) >= 11 is 0. The van der Waals surface area contributed by atoms with Crippen LogP contribution in [0.15, 0.2) is 23.1 Å². The number of halogens is 4. The summed E-state index contributed by atoms with van der Waals surface area (Å²) < 4.78 is 74.0. The third-order valence-corrected chi connectivity index (χ3v) is 5.18. The first-order chi connectivity index (χ1) is 11.3. The van der Waals surface area contributed by atoms with Gasteiger partial charge in [0.1, 0.15) is 0 Å². The molecule has 2 rings (SSSR count). The summed E-state index contributed by atoms with van der Waals surface area (Å²) in [4.78, 5) is -0.368. The molecular weight excluding hydrogens is 385 g/mol. The number of nitrogens with one attached hydrogen (secondary N) is 2. The van der Waals surface area contributed by atoms with Crippen molar-refractivity contribution in [3.8, 4) is 5.75 Å². The molecule has 1 saturated heterocycles. The smallest absolute Gasteiger partial charge is 0.387 e. The van der Waals surface area contributed by atoms with E-state index in [0.717, 1.165) is 31.5 Å². The molecule has 0 saturated carbocycles. The number of ether oxygens (including phenoxy) is 2. The number of alkyl halides is 2. The molecule has 1 heterocycles. The molecule has 6 nitrogen and oxygen atoms in total. The highest BCUT2D eigenvalue weighted by Crippen LogP contribution is 2.24. The second kappa shape index (κ2) is 9.04. The van der Waals surface area contributed by atoms with E-state index < -0.39 is 33.7 Å². The number of benzene rings is 1. The van der Waals surface area contributed by atoms with Gasteiger partial charge in [0.2, 0.25) is 10.0 Å². The lowest BCUT2D eigenvalue weighted by Gasteiger charge is -2.28. The highest BCUT2D eigenvalue weighted by atomic mass is 35.5. The third-order valence-electron chi connectivity index (χ3n) is 3.78. The first-order valence-corrected chi connectivity index (χ1v) is 8.74. The maximum absolute atomic E-state index is 13.7. The van der Waals surface area contributed by atoms with E-state index in [9.17, 15) is 21.6 Å². The molecule has 1 fully saturated rings. The molecule has 0 bridgehead atoms. The Labute approximate surface area is 150 Å². The van der Waals surface area contributed by atoms with Gasteiger partial charge in [0.05, 0.1) is 17.0 Å². The number of hydrogen-bond acceptors (Lipinski definition) is 5. The Balaban J connectivity index is 0.00000312. The lowest BCUT2D eigenvalue weighted by atomic mass is 9.99. The van der Waals surface area contributed by atoms with Crippen LogP contribution in [0.3, 0.4) is 0 Å². The molecule has 1 atom stereocenters. The van der Waals surface area contributed by atoms with Gasteiger partial charge in [-0.25, -0.2) is 17.5 Å². The molecule has 2 N–H and O–H groups in total. The lowest BCUT2D eigenvalue weighted by molar-refractivity contribution is -0.0522. The van der Waals surface area contributed by atoms with Gasteiger partial charge in [-0.05, 0) is 37.6 Å². The van der Waals surface area contributed by atoms with Gasteiger partial charge < -0.3 is 14.8 Å². The Morgan fingerprint density at radius 3 is 2.64 bits per heavy atom. The quantitative estimate of drug-likeness (QED) is 0.692. The average molecular weight is 405 g/mol. The second-order valence-electron chi connectivity index (χ2n) is 5.54. The zero-order valence-electron chi connectivity index (χ0n) is 13.4. The fraction of sp³-hybridized carbons (Fsp3) is 0.571. The van der Waals surface area contributed by atoms with Crippen molar-refractivity contribution in [2.24, 2.45) is 0 Å². The van der Waals surface area contributed by atoms with Gasteiger partial charge in [-0.15, -0.1) is 12.4 Å². The predicted octanol–water partition coefficient (Wildman–Crippen LogP) is 1.90. The van der Waals surface area contributed by atoms with E-state index in [1.807, 2.05) is 0 Å². The molecule has 25 heavy (non-hydrogen) atoms. The molecule has 0 radical (unpaired) electrons. The molecule has 11 heteroatoms. The topological polar surface area (TPSA) is 76.7 Å². The van der Waals surface area contributed by atoms with Gasteiger partial charge in [0, 0.05) is 13.7 Å². The number of methoxy groups -OCH3 is 1. The standard InChI is InChI=1S/C14H19F3N2O4S.ClH/c1-22-9-14(5-2-6-18-14)8-19-24(20,21)10-3-4-12(11(15)7-10)23-13(16)17;/h3-4,7,13,18-19H,2,5-6,8-9H2,1H3;1H. The van der Waals surface area contributed by atoms with Crippen LogP contribution in [0.25, 0.3) is 0 Å². The zero-order valence-corrected chi connectivity index (χ0v) is 15.1. The first-order valence-electron chi connectivity index (χ1n) is 7.26. The second-order valence-corrected chi connectivity index (χ2v) is 7.31. The van der Waals surface area contributed by atoms with Crippen molar-refractivity contribution < 1.29 is 31.1 Å². The summed E-state index contributed by atoms with van der Waals surface area (Å²) in [6.07, 6.45) is 1.62. The minimum Gasteiger partial charge on any atom is -0.432 e. The molecule has 1 aliphatic rings. The fourth-order valence-corrected chi connectivity index (χ4v) is 3.77. The SMILES string of the molecule is COCC1(CNS(=O)(=O)c2ccc(OC(F)F)c(F)c2)CCCN1.Cl. The van der Waals surface area contributed by atoms with Gasteiger partial charge in [0.25, 0.3) is 0 Å². The van der Waals surface area contributed by atoms with E-state index in [1.54, 1.807) is 0 Å². The highest BCUT2D eigenvalue weighted by molar-refractivity contribution is 7.89. The Hall–Kier alpha value is -1.07. The van der Waals surface area contributed by atoms with Crippen molar-refractivity contribution in [1.82, 2.24) is 10.0 Å². The Kier molecular flexibility index (Phi) is 7.94. The lowest BCUT2D eigenvalue weighted by Crippen LogP contribution is -2.52. The minimum atomic E-state index is -4.00. The summed E-state index contributed by atoms with van der Waals surface area (Å²) in [5.74, 6) is -1.89. The molecule has 1 aliphatic heterocycles. The van der Waals surface area contributed by atoms with E-state index in [-0.39, 0.29) is 23.8 Å². The summed E-state index contributed by atoms with van der Waals surface area (Å²) in [6.45, 7) is -2.05. The molecule has 1 aromatic rings. The van der Waals surface area contributed by atoms with Crippen LogP contribution in [0, 0.1) is 5.82 Å². The molecule has 0 amide bonds. The van der Waals surface area contributed by atoms with Crippen molar-refractivity contribution in [2.75, 3.05) is 26.8 Å². The van der Waals surface area contributed by atoms with E-state index in [0.29, 0.717) is 12.7 Å². The van der Waals surface area contributed by atoms with Crippen molar-refractivity contribution >= 4 is 22.4 Å². The maximum Gasteiger partial charge on any atom is 0.387 e. The zero-order chi connectivity index (χ0) is 17.8. The van der Waals surface area contributed by atoms with Crippen LogP contribution in [0.2, 0.25) is 0 Å². The monoisotopic (exact) mass is 404 g/mol. The third kappa shape index (κ3) is 5.71. The molecule has 0 aromatic heterocycles. The molecule has 144 valence electrons. The largest absolute Gasteiger partial charge is 0.432 e. The Morgan fingerprint density at radius 1 is 1.40 bits per heavy atom. The number of hydrogen-bond donors (Lipinski definition) is 2. The minimum absolute atomic E-state index is 0. The van der Waals surface area contributed by atoms with Gasteiger partial charge in [-0.3, -0.25) is 0 Å². The summed E-state index contributed by atoms with van der Waals surface area (Å²) in [5.41, 5.74) is -0.515. The van der Waals surface area contributed by atoms with Crippen molar-refractivity contribution in [3.05, 3.63) is 24.0 Å². The Bertz CT molecular complexity index is 670. The summed E-state index contributed by atoms with van der Waals surface area (Å²) in [6, 6.07) is 2.51. The van der Waals surface area contributed by atoms with Crippen LogP contribution in [-0.4, -0.2) is 47.4 Å². The van der Waals surface area contributed by atoms with Crippen LogP contribution in [0.4, 0.5) is 13.2 Å². The van der Waals surface area contributed by atoms with Gasteiger partial charge in [-0.1, -0.05) is 0 Å². The first kappa shape index (κ1) is 22.0. The van der Waals surface area contributed by atoms with Crippen LogP contribution in [0.5, 0.6) is 5.75 Å². The predicted molar refractivity (Wildman–Crippen MR) is 87.3 cm³/mol. The van der Waals surface area contributed by atoms with Crippen molar-refractivity contribution in [1.29, 1.82) is 0 Å². The van der Waals surface area contributed by atoms with Crippen LogP contribution in [-0.2, 0) is 14.8 Å². The van der Waals surface area contributed by atoms with Crippen molar-refractivity contribution in [2.45, 2.75) is 29.9 Å². The highest BCUT2D eigenvalue weighted by Gasteiger charge is 2.35. The average Bonchev–Trinajstić information content (AvgIpc) is 2.96. The van der Waals surface area contributed by atoms with Crippen molar-refractivity contribution in [3.63, 3.8) is 0 Å². The molecule has 0 aliphatic carbocycles. The maximum atomic E-state index is 13.7. The summed E-state index contributed by atoms with van der Waals surface area (Å²) in [7, 11) is -2.48. The Morgan fingerprint density at radius 2 is 2.12 bits per heavy atom. The van der Waals surface area contributed by atoms with Gasteiger partial charge in [0.15, 0.2) is 11.6 Å². The van der Waals surface area contributed by atoms with Crippen LogP contribution >= 0.6 is 12.4 Å². The van der Waals surface area contributed by atoms with E-state index in [1.165, 1.54) is 7.11 Å². The molecular formula is C14H20ClF3N2O4S. The summed E-state index contributed by atoms with van der Waals surface area (Å²) in [5, 5.41) is 3.21. The molecule has 1 aromatic carbocycles. The number of sulfonamides is 1. The van der Waals surface area contributed by atoms with Gasteiger partial charge in [-0.2, -0.15) is 8.78 Å². The van der Waals surface area contributed by atoms with Crippen LogP contribution in [0.1, 0.15) is 12.8 Å². The normalized spacial score (nSPS) is 20.5. The fourth-order valence-electron chi connectivity index (χ4n) is 2.63. The van der Waals surface area contributed by atoms with Gasteiger partial charge >= 0.3 is 6.61 Å².